The quantitative estimate of drug-likeness (QED) is 0.560. The third-order valence-electron chi connectivity index (χ3n) is 4.23. The number of ether oxygens (including phenoxy) is 1. The zero-order chi connectivity index (χ0) is 21.1. The highest BCUT2D eigenvalue weighted by Gasteiger charge is 2.24. The fourth-order valence-electron chi connectivity index (χ4n) is 2.96. The van der Waals surface area contributed by atoms with Gasteiger partial charge < -0.3 is 10.1 Å². The highest BCUT2D eigenvalue weighted by Crippen LogP contribution is 2.31. The number of hydrogen-bond donors (Lipinski definition) is 1. The number of carbonyl (C=O) groups excluding carboxylic acids is 1. The van der Waals surface area contributed by atoms with E-state index in [0.29, 0.717) is 44.6 Å². The predicted molar refractivity (Wildman–Crippen MR) is 115 cm³/mol. The van der Waals surface area contributed by atoms with Crippen molar-refractivity contribution in [2.75, 3.05) is 7.11 Å². The Bertz CT molecular complexity index is 1030. The molecule has 1 unspecified atom stereocenters. The fourth-order valence-corrected chi connectivity index (χ4v) is 3.70. The molecule has 0 saturated heterocycles. The minimum Gasteiger partial charge on any atom is -0.495 e. The van der Waals surface area contributed by atoms with Crippen molar-refractivity contribution < 1.29 is 9.53 Å². The zero-order valence-electron chi connectivity index (χ0n) is 16.0. The Balaban J connectivity index is 2.12. The number of hydrogen-bond acceptors (Lipinski definition) is 4. The van der Waals surface area contributed by atoms with Gasteiger partial charge in [0.05, 0.1) is 12.1 Å². The summed E-state index contributed by atoms with van der Waals surface area (Å²) in [5.41, 5.74) is 1.45. The number of aryl methyl sites for hydroxylation is 1. The summed E-state index contributed by atoms with van der Waals surface area (Å²) in [6.07, 6.45) is 0. The van der Waals surface area contributed by atoms with E-state index in [1.807, 2.05) is 13.0 Å². The van der Waals surface area contributed by atoms with Crippen LogP contribution in [0.3, 0.4) is 0 Å². The molecule has 0 saturated carbocycles. The Morgan fingerprint density at radius 3 is 2.45 bits per heavy atom. The second kappa shape index (κ2) is 9.03. The van der Waals surface area contributed by atoms with Gasteiger partial charge in [-0.25, -0.2) is 9.67 Å². The smallest absolute Gasteiger partial charge is 0.217 e. The maximum absolute atomic E-state index is 11.9. The Kier molecular flexibility index (Phi) is 6.67. The Hall–Kier alpha value is -2.28. The van der Waals surface area contributed by atoms with Gasteiger partial charge in [-0.1, -0.05) is 34.8 Å². The van der Waals surface area contributed by atoms with Crippen LogP contribution >= 0.6 is 34.8 Å². The fraction of sp³-hybridized carbons (Fsp3) is 0.250. The number of rotatable bonds is 6. The molecule has 1 amide bonds. The van der Waals surface area contributed by atoms with Crippen molar-refractivity contribution in [2.45, 2.75) is 26.4 Å². The first kappa shape index (κ1) is 21.4. The van der Waals surface area contributed by atoms with Crippen LogP contribution in [-0.4, -0.2) is 27.8 Å². The van der Waals surface area contributed by atoms with Gasteiger partial charge in [-0.15, -0.1) is 0 Å². The molecule has 9 heteroatoms. The number of benzene rings is 2. The van der Waals surface area contributed by atoms with Crippen LogP contribution in [-0.2, 0) is 11.3 Å². The minimum absolute atomic E-state index is 0.216. The van der Waals surface area contributed by atoms with Gasteiger partial charge in [-0.05, 0) is 48.9 Å². The van der Waals surface area contributed by atoms with E-state index in [1.165, 1.54) is 6.92 Å². The van der Waals surface area contributed by atoms with Gasteiger partial charge >= 0.3 is 0 Å². The van der Waals surface area contributed by atoms with Gasteiger partial charge in [-0.2, -0.15) is 5.10 Å². The number of carbonyl (C=O) groups is 1. The van der Waals surface area contributed by atoms with Crippen LogP contribution in [0.4, 0.5) is 0 Å². The average Bonchev–Trinajstić information content (AvgIpc) is 3.09. The molecule has 0 aliphatic carbocycles. The molecule has 3 aromatic rings. The number of amides is 1. The third-order valence-corrected chi connectivity index (χ3v) is 4.98. The van der Waals surface area contributed by atoms with E-state index in [-0.39, 0.29) is 5.91 Å². The van der Waals surface area contributed by atoms with Crippen LogP contribution in [0, 0.1) is 0 Å². The molecular weight excluding hydrogens is 435 g/mol. The summed E-state index contributed by atoms with van der Waals surface area (Å²) in [5.74, 6) is 1.36. The van der Waals surface area contributed by atoms with Crippen LogP contribution in [0.25, 0.3) is 11.4 Å². The molecule has 1 aromatic heterocycles. The van der Waals surface area contributed by atoms with Gasteiger partial charge in [0.2, 0.25) is 5.91 Å². The van der Waals surface area contributed by atoms with Crippen LogP contribution in [0.1, 0.15) is 31.3 Å². The summed E-state index contributed by atoms with van der Waals surface area (Å²) in [7, 11) is 1.55. The summed E-state index contributed by atoms with van der Waals surface area (Å²) in [6, 6.07) is 9.86. The molecule has 152 valence electrons. The summed E-state index contributed by atoms with van der Waals surface area (Å²) >= 11 is 18.5. The van der Waals surface area contributed by atoms with Crippen molar-refractivity contribution in [3.8, 4) is 17.1 Å². The molecule has 1 heterocycles. The second-order valence-corrected chi connectivity index (χ2v) is 7.58. The molecule has 0 fully saturated rings. The van der Waals surface area contributed by atoms with Gasteiger partial charge in [-0.3, -0.25) is 4.79 Å². The van der Waals surface area contributed by atoms with Crippen molar-refractivity contribution in [3.63, 3.8) is 0 Å². The molecule has 0 bridgehead atoms. The Morgan fingerprint density at radius 2 is 1.86 bits per heavy atom. The maximum Gasteiger partial charge on any atom is 0.217 e. The van der Waals surface area contributed by atoms with E-state index in [0.717, 1.165) is 5.56 Å². The molecule has 29 heavy (non-hydrogen) atoms. The molecule has 2 aromatic carbocycles. The minimum atomic E-state index is -0.570. The predicted octanol–water partition coefficient (Wildman–Crippen LogP) is 5.16. The number of nitrogens with one attached hydrogen (secondary N) is 1. The lowest BCUT2D eigenvalue weighted by Crippen LogP contribution is -2.29. The van der Waals surface area contributed by atoms with Gasteiger partial charge in [0.25, 0.3) is 0 Å². The molecule has 1 atom stereocenters. The zero-order valence-corrected chi connectivity index (χ0v) is 18.3. The standard InChI is InChI=1S/C20H19Cl3N4O2/c1-4-27-20(18(24-11(2)28)13-7-14(21)10-15(22)8-13)25-19(26-27)12-5-6-16(23)17(9-12)29-3/h5-10,18H,4H2,1-3H3,(H,24,28). The number of aromatic nitrogens is 3. The maximum atomic E-state index is 11.9. The molecule has 0 spiro atoms. The number of methoxy groups -OCH3 is 1. The molecule has 0 aliphatic heterocycles. The highest BCUT2D eigenvalue weighted by atomic mass is 35.5. The lowest BCUT2D eigenvalue weighted by molar-refractivity contribution is -0.119. The van der Waals surface area contributed by atoms with Gasteiger partial charge in [0, 0.05) is 29.1 Å². The van der Waals surface area contributed by atoms with Gasteiger partial charge in [0.15, 0.2) is 11.6 Å². The molecule has 6 nitrogen and oxygen atoms in total. The summed E-state index contributed by atoms with van der Waals surface area (Å²) in [5, 5.41) is 8.93. The van der Waals surface area contributed by atoms with Crippen molar-refractivity contribution in [2.24, 2.45) is 0 Å². The van der Waals surface area contributed by atoms with E-state index < -0.39 is 6.04 Å². The Morgan fingerprint density at radius 1 is 1.17 bits per heavy atom. The summed E-state index contributed by atoms with van der Waals surface area (Å²) in [4.78, 5) is 16.6. The van der Waals surface area contributed by atoms with Crippen LogP contribution in [0.15, 0.2) is 36.4 Å². The first-order chi connectivity index (χ1) is 13.8. The van der Waals surface area contributed by atoms with Crippen LogP contribution in [0.5, 0.6) is 5.75 Å². The molecule has 3 rings (SSSR count). The van der Waals surface area contributed by atoms with Crippen molar-refractivity contribution in [3.05, 3.63) is 62.9 Å². The topological polar surface area (TPSA) is 69.0 Å². The van der Waals surface area contributed by atoms with E-state index in [2.05, 4.69) is 10.4 Å². The second-order valence-electron chi connectivity index (χ2n) is 6.30. The van der Waals surface area contributed by atoms with E-state index in [9.17, 15) is 4.79 Å². The van der Waals surface area contributed by atoms with Crippen LogP contribution < -0.4 is 10.1 Å². The average molecular weight is 454 g/mol. The lowest BCUT2D eigenvalue weighted by Gasteiger charge is -2.18. The normalized spacial score (nSPS) is 11.9. The van der Waals surface area contributed by atoms with E-state index in [1.54, 1.807) is 42.1 Å². The molecule has 0 radical (unpaired) electrons. The largest absolute Gasteiger partial charge is 0.495 e. The Labute approximate surface area is 183 Å². The number of nitrogens with zero attached hydrogens (tertiary/aromatic N) is 3. The first-order valence-electron chi connectivity index (χ1n) is 8.84. The van der Waals surface area contributed by atoms with Crippen molar-refractivity contribution in [1.29, 1.82) is 0 Å². The van der Waals surface area contributed by atoms with Gasteiger partial charge in [0.1, 0.15) is 11.8 Å². The van der Waals surface area contributed by atoms with E-state index in [4.69, 9.17) is 44.5 Å². The van der Waals surface area contributed by atoms with E-state index >= 15 is 0 Å². The summed E-state index contributed by atoms with van der Waals surface area (Å²) in [6.45, 7) is 3.94. The third kappa shape index (κ3) is 4.83. The molecule has 1 N–H and O–H groups in total. The van der Waals surface area contributed by atoms with Crippen molar-refractivity contribution in [1.82, 2.24) is 20.1 Å². The summed E-state index contributed by atoms with van der Waals surface area (Å²) < 4.78 is 7.01. The number of halogens is 3. The SMILES string of the molecule is CCn1nc(-c2ccc(Cl)c(OC)c2)nc1C(NC(C)=O)c1cc(Cl)cc(Cl)c1. The van der Waals surface area contributed by atoms with Crippen molar-refractivity contribution >= 4 is 40.7 Å². The monoisotopic (exact) mass is 452 g/mol. The molecule has 0 aliphatic rings. The van der Waals surface area contributed by atoms with Crippen LogP contribution in [0.2, 0.25) is 15.1 Å². The highest BCUT2D eigenvalue weighted by molar-refractivity contribution is 6.34. The first-order valence-corrected chi connectivity index (χ1v) is 9.97. The lowest BCUT2D eigenvalue weighted by atomic mass is 10.1. The molecular formula is C20H19Cl3N4O2.